The Morgan fingerprint density at radius 1 is 1.26 bits per heavy atom. The Kier molecular flexibility index (Phi) is 3.21. The third-order valence-corrected chi connectivity index (χ3v) is 2.90. The smallest absolute Gasteiger partial charge is 0.268 e. The van der Waals surface area contributed by atoms with Crippen molar-refractivity contribution in [1.82, 2.24) is 4.57 Å². The van der Waals surface area contributed by atoms with Gasteiger partial charge in [0.15, 0.2) is 0 Å². The second kappa shape index (κ2) is 4.68. The first-order valence-corrected chi connectivity index (χ1v) is 5.71. The molecule has 0 bridgehead atoms. The normalized spacial score (nSPS) is 10.5. The van der Waals surface area contributed by atoms with Crippen LogP contribution in [0.15, 0.2) is 35.1 Å². The number of aromatic nitrogens is 1. The summed E-state index contributed by atoms with van der Waals surface area (Å²) in [6, 6.07) is 7.28. The van der Waals surface area contributed by atoms with Crippen LogP contribution in [0.5, 0.6) is 0 Å². The highest BCUT2D eigenvalue weighted by Gasteiger charge is 2.16. The molecule has 19 heavy (non-hydrogen) atoms. The maximum atomic E-state index is 13.2. The fraction of sp³-hybridized carbons (Fsp3) is 0.143. The molecule has 1 aromatic heterocycles. The Hall–Kier alpha value is -2.43. The minimum Gasteiger partial charge on any atom is -0.365 e. The Labute approximate surface area is 109 Å². The number of hydrogen-bond donors (Lipinski definition) is 1. The molecule has 0 spiro atoms. The van der Waals surface area contributed by atoms with Crippen LogP contribution in [0.1, 0.15) is 21.6 Å². The SMILES string of the molecule is Cc1cc(C)n(-c2cccc(F)c2)c(=O)c1C(N)=O. The van der Waals surface area contributed by atoms with E-state index in [1.54, 1.807) is 26.0 Å². The van der Waals surface area contributed by atoms with Gasteiger partial charge in [-0.3, -0.25) is 14.2 Å². The van der Waals surface area contributed by atoms with Crippen molar-refractivity contribution in [3.8, 4) is 5.69 Å². The van der Waals surface area contributed by atoms with Crippen molar-refractivity contribution in [3.05, 3.63) is 63.3 Å². The van der Waals surface area contributed by atoms with Crippen LogP contribution in [0, 0.1) is 19.7 Å². The number of amides is 1. The Morgan fingerprint density at radius 3 is 2.53 bits per heavy atom. The van der Waals surface area contributed by atoms with Gasteiger partial charge in [0.25, 0.3) is 11.5 Å². The van der Waals surface area contributed by atoms with Crippen LogP contribution in [-0.4, -0.2) is 10.5 Å². The second-order valence-corrected chi connectivity index (χ2v) is 4.33. The Morgan fingerprint density at radius 2 is 1.95 bits per heavy atom. The van der Waals surface area contributed by atoms with Gasteiger partial charge in [-0.25, -0.2) is 4.39 Å². The molecule has 5 heteroatoms. The van der Waals surface area contributed by atoms with E-state index in [4.69, 9.17) is 5.73 Å². The van der Waals surface area contributed by atoms with E-state index in [1.807, 2.05) is 0 Å². The van der Waals surface area contributed by atoms with Crippen molar-refractivity contribution in [2.45, 2.75) is 13.8 Å². The highest BCUT2D eigenvalue weighted by molar-refractivity contribution is 5.94. The summed E-state index contributed by atoms with van der Waals surface area (Å²) in [5, 5.41) is 0. The summed E-state index contributed by atoms with van der Waals surface area (Å²) in [5.74, 6) is -1.24. The molecule has 2 rings (SSSR count). The Bertz CT molecular complexity index is 720. The van der Waals surface area contributed by atoms with Crippen molar-refractivity contribution in [3.63, 3.8) is 0 Å². The maximum Gasteiger partial charge on any atom is 0.268 e. The first-order valence-electron chi connectivity index (χ1n) is 5.71. The molecule has 0 aliphatic rings. The van der Waals surface area contributed by atoms with E-state index in [-0.39, 0.29) is 5.56 Å². The number of nitrogens with two attached hydrogens (primary N) is 1. The van der Waals surface area contributed by atoms with Crippen LogP contribution in [0.3, 0.4) is 0 Å². The van der Waals surface area contributed by atoms with E-state index in [0.717, 1.165) is 0 Å². The molecular weight excluding hydrogens is 247 g/mol. The predicted molar refractivity (Wildman–Crippen MR) is 70.0 cm³/mol. The number of primary amides is 1. The number of carbonyl (C=O) groups excluding carboxylic acids is 1. The molecule has 98 valence electrons. The zero-order valence-electron chi connectivity index (χ0n) is 10.6. The van der Waals surface area contributed by atoms with Gasteiger partial charge in [-0.05, 0) is 43.7 Å². The number of benzene rings is 1. The van der Waals surface area contributed by atoms with Crippen molar-refractivity contribution in [2.75, 3.05) is 0 Å². The number of carbonyl (C=O) groups is 1. The highest BCUT2D eigenvalue weighted by Crippen LogP contribution is 2.13. The molecule has 0 fully saturated rings. The molecule has 2 aromatic rings. The van der Waals surface area contributed by atoms with Gasteiger partial charge in [0.05, 0.1) is 5.69 Å². The molecule has 4 nitrogen and oxygen atoms in total. The van der Waals surface area contributed by atoms with Crippen molar-refractivity contribution < 1.29 is 9.18 Å². The summed E-state index contributed by atoms with van der Waals surface area (Å²) in [6.45, 7) is 3.36. The topological polar surface area (TPSA) is 65.1 Å². The van der Waals surface area contributed by atoms with Crippen LogP contribution < -0.4 is 11.3 Å². The van der Waals surface area contributed by atoms with E-state index in [0.29, 0.717) is 16.9 Å². The van der Waals surface area contributed by atoms with Gasteiger partial charge in [0.2, 0.25) is 0 Å². The molecule has 0 unspecified atom stereocenters. The number of rotatable bonds is 2. The standard InChI is InChI=1S/C14H13FN2O2/c1-8-6-9(2)17(14(19)12(8)13(16)18)11-5-3-4-10(15)7-11/h3-7H,1-2H3,(H2,16,18). The quantitative estimate of drug-likeness (QED) is 0.893. The minimum absolute atomic E-state index is 0.0742. The molecule has 0 atom stereocenters. The summed E-state index contributed by atoms with van der Waals surface area (Å²) in [5.41, 5.74) is 6.10. The van der Waals surface area contributed by atoms with Crippen LogP contribution in [0.25, 0.3) is 5.69 Å². The maximum absolute atomic E-state index is 13.2. The molecular formula is C14H13FN2O2. The van der Waals surface area contributed by atoms with Gasteiger partial charge in [-0.15, -0.1) is 0 Å². The summed E-state index contributed by atoms with van der Waals surface area (Å²) < 4.78 is 14.5. The lowest BCUT2D eigenvalue weighted by Crippen LogP contribution is -2.31. The molecule has 0 saturated heterocycles. The molecule has 1 aromatic carbocycles. The van der Waals surface area contributed by atoms with E-state index >= 15 is 0 Å². The zero-order chi connectivity index (χ0) is 14.2. The minimum atomic E-state index is -0.785. The summed E-state index contributed by atoms with van der Waals surface area (Å²) >= 11 is 0. The van der Waals surface area contributed by atoms with E-state index in [9.17, 15) is 14.0 Å². The zero-order valence-corrected chi connectivity index (χ0v) is 10.6. The monoisotopic (exact) mass is 260 g/mol. The van der Waals surface area contributed by atoms with Gasteiger partial charge >= 0.3 is 0 Å². The average molecular weight is 260 g/mol. The fourth-order valence-electron chi connectivity index (χ4n) is 2.13. The third-order valence-electron chi connectivity index (χ3n) is 2.90. The molecule has 0 aliphatic carbocycles. The van der Waals surface area contributed by atoms with Crippen molar-refractivity contribution >= 4 is 5.91 Å². The van der Waals surface area contributed by atoms with Crippen molar-refractivity contribution in [1.29, 1.82) is 0 Å². The van der Waals surface area contributed by atoms with Gasteiger partial charge in [0, 0.05) is 5.69 Å². The van der Waals surface area contributed by atoms with Crippen LogP contribution in [-0.2, 0) is 0 Å². The largest absolute Gasteiger partial charge is 0.365 e. The molecule has 1 heterocycles. The van der Waals surface area contributed by atoms with E-state index in [1.165, 1.54) is 22.8 Å². The van der Waals surface area contributed by atoms with Crippen molar-refractivity contribution in [2.24, 2.45) is 5.73 Å². The molecule has 1 amide bonds. The Balaban J connectivity index is 2.81. The number of nitrogens with zero attached hydrogens (tertiary/aromatic N) is 1. The summed E-state index contributed by atoms with van der Waals surface area (Å²) in [4.78, 5) is 23.6. The van der Waals surface area contributed by atoms with Gasteiger partial charge < -0.3 is 5.73 Å². The number of halogens is 1. The lowest BCUT2D eigenvalue weighted by atomic mass is 10.1. The van der Waals surface area contributed by atoms with Gasteiger partial charge in [-0.1, -0.05) is 6.07 Å². The summed E-state index contributed by atoms with van der Waals surface area (Å²) in [6.07, 6.45) is 0. The fourth-order valence-corrected chi connectivity index (χ4v) is 2.13. The van der Waals surface area contributed by atoms with Gasteiger partial charge in [0.1, 0.15) is 11.4 Å². The molecule has 2 N–H and O–H groups in total. The summed E-state index contributed by atoms with van der Waals surface area (Å²) in [7, 11) is 0. The number of pyridine rings is 1. The van der Waals surface area contributed by atoms with E-state index in [2.05, 4.69) is 0 Å². The van der Waals surface area contributed by atoms with Crippen LogP contribution in [0.4, 0.5) is 4.39 Å². The molecule has 0 radical (unpaired) electrons. The lowest BCUT2D eigenvalue weighted by Gasteiger charge is -2.13. The number of hydrogen-bond acceptors (Lipinski definition) is 2. The molecule has 0 aliphatic heterocycles. The van der Waals surface area contributed by atoms with Crippen LogP contribution in [0.2, 0.25) is 0 Å². The van der Waals surface area contributed by atoms with Gasteiger partial charge in [-0.2, -0.15) is 0 Å². The lowest BCUT2D eigenvalue weighted by molar-refractivity contribution is 0.0998. The molecule has 0 saturated carbocycles. The first-order chi connectivity index (χ1) is 8.91. The first kappa shape index (κ1) is 13.0. The van der Waals surface area contributed by atoms with Crippen LogP contribution >= 0.6 is 0 Å². The van der Waals surface area contributed by atoms with E-state index < -0.39 is 17.3 Å². The predicted octanol–water partition coefficient (Wildman–Crippen LogP) is 1.69. The average Bonchev–Trinajstić information content (AvgIpc) is 2.27. The number of aryl methyl sites for hydroxylation is 2. The highest BCUT2D eigenvalue weighted by atomic mass is 19.1. The third kappa shape index (κ3) is 2.27. The second-order valence-electron chi connectivity index (χ2n) is 4.33.